The Hall–Kier alpha value is -0.0800. The second-order valence-electron chi connectivity index (χ2n) is 5.18. The molecule has 0 aromatic heterocycles. The van der Waals surface area contributed by atoms with Crippen molar-refractivity contribution in [3.63, 3.8) is 0 Å². The van der Waals surface area contributed by atoms with E-state index in [-0.39, 0.29) is 0 Å². The van der Waals surface area contributed by atoms with E-state index < -0.39 is 0 Å². The maximum absolute atomic E-state index is 3.57. The molecule has 1 N–H and O–H groups in total. The van der Waals surface area contributed by atoms with Crippen molar-refractivity contribution in [1.82, 2.24) is 10.2 Å². The van der Waals surface area contributed by atoms with Gasteiger partial charge >= 0.3 is 0 Å². The minimum Gasteiger partial charge on any atom is -0.315 e. The Morgan fingerprint density at radius 1 is 1.07 bits per heavy atom. The molecule has 2 atom stereocenters. The van der Waals surface area contributed by atoms with Gasteiger partial charge in [-0.25, -0.2) is 0 Å². The summed E-state index contributed by atoms with van der Waals surface area (Å²) < 4.78 is 0. The molecule has 2 saturated heterocycles. The van der Waals surface area contributed by atoms with Crippen molar-refractivity contribution in [1.29, 1.82) is 0 Å². The Balaban J connectivity index is 1.75. The van der Waals surface area contributed by atoms with Crippen LogP contribution in [0.25, 0.3) is 0 Å². The maximum Gasteiger partial charge on any atom is 0.0224 e. The van der Waals surface area contributed by atoms with E-state index in [2.05, 4.69) is 17.1 Å². The second kappa shape index (κ2) is 5.86. The molecule has 2 aliphatic heterocycles. The lowest BCUT2D eigenvalue weighted by atomic mass is 10.1. The number of fused-ring (bicyclic) bond motifs is 2. The van der Waals surface area contributed by atoms with Crippen molar-refractivity contribution in [2.75, 3.05) is 19.6 Å². The van der Waals surface area contributed by atoms with E-state index in [1.165, 1.54) is 64.6 Å². The standard InChI is InChI=1S/C13H26N2/c1-2-3-4-5-10-15-12-6-7-13(15)11-14-9-8-12/h12-14H,2-11H2,1H3. The van der Waals surface area contributed by atoms with Crippen molar-refractivity contribution in [2.24, 2.45) is 0 Å². The Kier molecular flexibility index (Phi) is 4.45. The molecular formula is C13H26N2. The van der Waals surface area contributed by atoms with Crippen LogP contribution in [-0.2, 0) is 0 Å². The van der Waals surface area contributed by atoms with Crippen LogP contribution in [0.15, 0.2) is 0 Å². The number of hydrogen-bond donors (Lipinski definition) is 1. The van der Waals surface area contributed by atoms with Crippen molar-refractivity contribution >= 4 is 0 Å². The summed E-state index contributed by atoms with van der Waals surface area (Å²) in [6.45, 7) is 6.13. The van der Waals surface area contributed by atoms with Gasteiger partial charge in [-0.3, -0.25) is 4.90 Å². The van der Waals surface area contributed by atoms with Gasteiger partial charge in [0.15, 0.2) is 0 Å². The molecule has 2 nitrogen and oxygen atoms in total. The molecule has 2 aliphatic rings. The van der Waals surface area contributed by atoms with Crippen molar-refractivity contribution in [2.45, 2.75) is 64.0 Å². The summed E-state index contributed by atoms with van der Waals surface area (Å²) in [5.74, 6) is 0. The predicted octanol–water partition coefficient (Wildman–Crippen LogP) is 2.39. The molecular weight excluding hydrogens is 184 g/mol. The van der Waals surface area contributed by atoms with Crippen LogP contribution >= 0.6 is 0 Å². The Bertz CT molecular complexity index is 167. The molecule has 2 rings (SSSR count). The highest BCUT2D eigenvalue weighted by atomic mass is 15.2. The fourth-order valence-electron chi connectivity index (χ4n) is 3.17. The molecule has 15 heavy (non-hydrogen) atoms. The van der Waals surface area contributed by atoms with Crippen LogP contribution in [0.4, 0.5) is 0 Å². The summed E-state index contributed by atoms with van der Waals surface area (Å²) in [7, 11) is 0. The third-order valence-corrected chi connectivity index (χ3v) is 4.08. The molecule has 2 heteroatoms. The van der Waals surface area contributed by atoms with Crippen LogP contribution in [0.2, 0.25) is 0 Å². The fourth-order valence-corrected chi connectivity index (χ4v) is 3.17. The van der Waals surface area contributed by atoms with Gasteiger partial charge in [0.2, 0.25) is 0 Å². The molecule has 0 aromatic carbocycles. The quantitative estimate of drug-likeness (QED) is 0.701. The van der Waals surface area contributed by atoms with E-state index in [0.29, 0.717) is 0 Å². The van der Waals surface area contributed by atoms with Gasteiger partial charge in [-0.15, -0.1) is 0 Å². The topological polar surface area (TPSA) is 15.3 Å². The maximum atomic E-state index is 3.57. The smallest absolute Gasteiger partial charge is 0.0224 e. The van der Waals surface area contributed by atoms with Gasteiger partial charge in [-0.2, -0.15) is 0 Å². The van der Waals surface area contributed by atoms with Crippen LogP contribution in [0.3, 0.4) is 0 Å². The normalized spacial score (nSPS) is 31.8. The van der Waals surface area contributed by atoms with Gasteiger partial charge in [0.1, 0.15) is 0 Å². The monoisotopic (exact) mass is 210 g/mol. The molecule has 0 saturated carbocycles. The van der Waals surface area contributed by atoms with Gasteiger partial charge in [0.25, 0.3) is 0 Å². The van der Waals surface area contributed by atoms with Crippen molar-refractivity contribution in [3.8, 4) is 0 Å². The number of hydrogen-bond acceptors (Lipinski definition) is 2. The van der Waals surface area contributed by atoms with E-state index in [9.17, 15) is 0 Å². The van der Waals surface area contributed by atoms with Crippen LogP contribution in [0.1, 0.15) is 51.9 Å². The first-order valence-electron chi connectivity index (χ1n) is 6.88. The molecule has 0 aliphatic carbocycles. The molecule has 0 amide bonds. The molecule has 2 unspecified atom stereocenters. The first kappa shape index (κ1) is 11.4. The zero-order valence-corrected chi connectivity index (χ0v) is 10.2. The first-order chi connectivity index (χ1) is 7.42. The largest absolute Gasteiger partial charge is 0.315 e. The third-order valence-electron chi connectivity index (χ3n) is 4.08. The van der Waals surface area contributed by atoms with E-state index in [4.69, 9.17) is 0 Å². The molecule has 88 valence electrons. The van der Waals surface area contributed by atoms with Crippen molar-refractivity contribution in [3.05, 3.63) is 0 Å². The van der Waals surface area contributed by atoms with Crippen molar-refractivity contribution < 1.29 is 0 Å². The second-order valence-corrected chi connectivity index (χ2v) is 5.18. The van der Waals surface area contributed by atoms with Crippen LogP contribution in [0, 0.1) is 0 Å². The van der Waals surface area contributed by atoms with E-state index in [1.54, 1.807) is 0 Å². The predicted molar refractivity (Wildman–Crippen MR) is 65.1 cm³/mol. The van der Waals surface area contributed by atoms with Gasteiger partial charge < -0.3 is 5.32 Å². The molecule has 0 spiro atoms. The fraction of sp³-hybridized carbons (Fsp3) is 1.00. The minimum absolute atomic E-state index is 0.860. The molecule has 0 aromatic rings. The van der Waals surface area contributed by atoms with E-state index in [0.717, 1.165) is 12.1 Å². The van der Waals surface area contributed by atoms with Crippen LogP contribution in [-0.4, -0.2) is 36.6 Å². The lowest BCUT2D eigenvalue weighted by Gasteiger charge is -2.27. The van der Waals surface area contributed by atoms with E-state index >= 15 is 0 Å². The Labute approximate surface area is 94.4 Å². The average molecular weight is 210 g/mol. The summed E-state index contributed by atoms with van der Waals surface area (Å²) in [6, 6.07) is 1.77. The Morgan fingerprint density at radius 3 is 2.80 bits per heavy atom. The zero-order chi connectivity index (χ0) is 10.5. The molecule has 2 heterocycles. The van der Waals surface area contributed by atoms with Gasteiger partial charge in [0, 0.05) is 18.6 Å². The van der Waals surface area contributed by atoms with Gasteiger partial charge in [0.05, 0.1) is 0 Å². The highest BCUT2D eigenvalue weighted by Crippen LogP contribution is 2.28. The number of rotatable bonds is 5. The molecule has 0 radical (unpaired) electrons. The average Bonchev–Trinajstić information content (AvgIpc) is 2.47. The van der Waals surface area contributed by atoms with E-state index in [1.807, 2.05) is 0 Å². The van der Waals surface area contributed by atoms with Crippen LogP contribution < -0.4 is 5.32 Å². The SMILES string of the molecule is CCCCCCN1C2CCNCC1CC2. The lowest BCUT2D eigenvalue weighted by molar-refractivity contribution is 0.198. The third kappa shape index (κ3) is 2.94. The van der Waals surface area contributed by atoms with Gasteiger partial charge in [-0.05, 0) is 38.8 Å². The van der Waals surface area contributed by atoms with Crippen LogP contribution in [0.5, 0.6) is 0 Å². The minimum atomic E-state index is 0.860. The molecule has 2 fully saturated rings. The number of unbranched alkanes of at least 4 members (excludes halogenated alkanes) is 3. The summed E-state index contributed by atoms with van der Waals surface area (Å²) >= 11 is 0. The summed E-state index contributed by atoms with van der Waals surface area (Å²) in [5, 5.41) is 3.57. The first-order valence-corrected chi connectivity index (χ1v) is 6.88. The summed E-state index contributed by atoms with van der Waals surface area (Å²) in [5.41, 5.74) is 0. The van der Waals surface area contributed by atoms with Gasteiger partial charge in [-0.1, -0.05) is 26.2 Å². The Morgan fingerprint density at radius 2 is 1.93 bits per heavy atom. The molecule has 2 bridgehead atoms. The number of nitrogens with one attached hydrogen (secondary N) is 1. The summed E-state index contributed by atoms with van der Waals surface area (Å²) in [4.78, 5) is 2.80. The highest BCUT2D eigenvalue weighted by molar-refractivity contribution is 4.91. The highest BCUT2D eigenvalue weighted by Gasteiger charge is 2.33. The zero-order valence-electron chi connectivity index (χ0n) is 10.2. The number of nitrogens with zero attached hydrogens (tertiary/aromatic N) is 1. The lowest BCUT2D eigenvalue weighted by Crippen LogP contribution is -2.38. The summed E-state index contributed by atoms with van der Waals surface area (Å²) in [6.07, 6.45) is 9.90.